The average molecular weight is 466 g/mol. The number of nitrogens with zero attached hydrogens (tertiary/aromatic N) is 3. The number of ether oxygens (including phenoxy) is 2. The summed E-state index contributed by atoms with van der Waals surface area (Å²) in [5.74, 6) is -0.878. The Labute approximate surface area is 195 Å². The van der Waals surface area contributed by atoms with Gasteiger partial charge in [-0.3, -0.25) is 14.5 Å². The van der Waals surface area contributed by atoms with E-state index >= 15 is 0 Å². The van der Waals surface area contributed by atoms with E-state index in [1.807, 2.05) is 26.0 Å². The molecule has 1 atom stereocenters. The van der Waals surface area contributed by atoms with Crippen molar-refractivity contribution in [2.24, 2.45) is 0 Å². The fourth-order valence-corrected chi connectivity index (χ4v) is 4.60. The number of anilines is 1. The van der Waals surface area contributed by atoms with Gasteiger partial charge in [-0.25, -0.2) is 0 Å². The molecule has 170 valence electrons. The maximum absolute atomic E-state index is 13.3. The van der Waals surface area contributed by atoms with Crippen molar-refractivity contribution in [3.05, 3.63) is 69.2 Å². The number of rotatable bonds is 5. The van der Waals surface area contributed by atoms with Crippen LogP contribution >= 0.6 is 11.3 Å². The molecule has 2 aromatic carbocycles. The van der Waals surface area contributed by atoms with Gasteiger partial charge in [-0.15, -0.1) is 10.2 Å². The van der Waals surface area contributed by atoms with E-state index in [2.05, 4.69) is 10.2 Å². The third-order valence-electron chi connectivity index (χ3n) is 5.54. The van der Waals surface area contributed by atoms with Gasteiger partial charge in [0.05, 0.1) is 25.8 Å². The minimum absolute atomic E-state index is 0.0197. The number of hydrogen-bond acceptors (Lipinski definition) is 8. The maximum Gasteiger partial charge on any atom is 0.301 e. The van der Waals surface area contributed by atoms with Crippen molar-refractivity contribution in [1.82, 2.24) is 10.2 Å². The highest BCUT2D eigenvalue weighted by Crippen LogP contribution is 2.45. The number of Topliss-reactive ketones (excluding diaryl/α,β-unsaturated/α-hetero) is 1. The first-order valence-corrected chi connectivity index (χ1v) is 11.0. The lowest BCUT2D eigenvalue weighted by Crippen LogP contribution is -2.29. The van der Waals surface area contributed by atoms with Gasteiger partial charge in [0.25, 0.3) is 5.78 Å². The summed E-state index contributed by atoms with van der Waals surface area (Å²) in [4.78, 5) is 27.7. The monoisotopic (exact) mass is 465 g/mol. The third-order valence-corrected chi connectivity index (χ3v) is 6.38. The fourth-order valence-electron chi connectivity index (χ4n) is 3.89. The van der Waals surface area contributed by atoms with Gasteiger partial charge in [0.2, 0.25) is 5.13 Å². The van der Waals surface area contributed by atoms with Crippen molar-refractivity contribution >= 4 is 33.9 Å². The highest BCUT2D eigenvalue weighted by molar-refractivity contribution is 7.15. The molecule has 3 aromatic rings. The van der Waals surface area contributed by atoms with E-state index in [4.69, 9.17) is 9.47 Å². The second kappa shape index (κ2) is 8.67. The maximum atomic E-state index is 13.3. The lowest BCUT2D eigenvalue weighted by atomic mass is 9.93. The number of hydrogen-bond donors (Lipinski definition) is 1. The Morgan fingerprint density at radius 1 is 1.00 bits per heavy atom. The number of aliphatic hydroxyl groups excluding tert-OH is 1. The van der Waals surface area contributed by atoms with Crippen molar-refractivity contribution in [2.75, 3.05) is 19.1 Å². The summed E-state index contributed by atoms with van der Waals surface area (Å²) >= 11 is 1.19. The van der Waals surface area contributed by atoms with E-state index in [0.717, 1.165) is 11.1 Å². The molecule has 1 aliphatic heterocycles. The molecule has 33 heavy (non-hydrogen) atoms. The van der Waals surface area contributed by atoms with Gasteiger partial charge in [-0.05, 0) is 50.1 Å². The zero-order valence-corrected chi connectivity index (χ0v) is 19.7. The van der Waals surface area contributed by atoms with Gasteiger partial charge >= 0.3 is 5.91 Å². The van der Waals surface area contributed by atoms with Crippen LogP contribution in [-0.2, 0) is 9.59 Å². The van der Waals surface area contributed by atoms with Gasteiger partial charge in [-0.1, -0.05) is 35.1 Å². The van der Waals surface area contributed by atoms with Crippen LogP contribution in [0.15, 0.2) is 42.0 Å². The van der Waals surface area contributed by atoms with Gasteiger partial charge in [-0.2, -0.15) is 0 Å². The van der Waals surface area contributed by atoms with Gasteiger partial charge in [0.1, 0.15) is 10.8 Å². The molecule has 0 spiro atoms. The SMILES string of the molecule is COc1ccc(C2/C(=C(\O)c3cc(C)ccc3C)C(=O)C(=O)N2c2nnc(C)s2)cc1OC. The molecule has 1 aliphatic rings. The smallest absolute Gasteiger partial charge is 0.301 e. The molecular weight excluding hydrogens is 442 g/mol. The number of methoxy groups -OCH3 is 2. The molecule has 1 amide bonds. The van der Waals surface area contributed by atoms with Crippen molar-refractivity contribution in [1.29, 1.82) is 0 Å². The number of aliphatic hydroxyl groups is 1. The Balaban J connectivity index is 1.99. The predicted octanol–water partition coefficient (Wildman–Crippen LogP) is 4.11. The molecular formula is C24H23N3O5S. The van der Waals surface area contributed by atoms with Crippen LogP contribution < -0.4 is 14.4 Å². The molecule has 0 saturated carbocycles. The number of benzene rings is 2. The Morgan fingerprint density at radius 2 is 1.73 bits per heavy atom. The van der Waals surface area contributed by atoms with Crippen molar-refractivity contribution in [3.8, 4) is 11.5 Å². The average Bonchev–Trinajstić information content (AvgIpc) is 3.35. The number of aromatic nitrogens is 2. The van der Waals surface area contributed by atoms with Crippen LogP contribution in [-0.4, -0.2) is 41.2 Å². The van der Waals surface area contributed by atoms with E-state index in [1.54, 1.807) is 31.2 Å². The summed E-state index contributed by atoms with van der Waals surface area (Å²) in [6.45, 7) is 5.49. The quantitative estimate of drug-likeness (QED) is 0.344. The van der Waals surface area contributed by atoms with Gasteiger partial charge in [0, 0.05) is 5.56 Å². The summed E-state index contributed by atoms with van der Waals surface area (Å²) in [6.07, 6.45) is 0. The Kier molecular flexibility index (Phi) is 5.90. The van der Waals surface area contributed by atoms with Crippen LogP contribution in [0, 0.1) is 20.8 Å². The first-order valence-electron chi connectivity index (χ1n) is 10.2. The molecule has 1 saturated heterocycles. The highest BCUT2D eigenvalue weighted by atomic mass is 32.1. The van der Waals surface area contributed by atoms with E-state index in [0.29, 0.717) is 27.6 Å². The number of ketones is 1. The summed E-state index contributed by atoms with van der Waals surface area (Å²) in [5, 5.41) is 20.4. The molecule has 4 rings (SSSR count). The Morgan fingerprint density at radius 3 is 2.36 bits per heavy atom. The van der Waals surface area contributed by atoms with Crippen LogP contribution in [0.1, 0.15) is 33.3 Å². The lowest BCUT2D eigenvalue weighted by molar-refractivity contribution is -0.132. The number of aryl methyl sites for hydroxylation is 3. The summed E-state index contributed by atoms with van der Waals surface area (Å²) in [5.41, 5.74) is 2.73. The van der Waals surface area contributed by atoms with E-state index in [-0.39, 0.29) is 16.5 Å². The van der Waals surface area contributed by atoms with E-state index in [1.165, 1.54) is 30.5 Å². The standard InChI is InChI=1S/C24H23N3O5S/c1-12-6-7-13(2)16(10-12)21(28)19-20(15-8-9-17(31-4)18(11-15)32-5)27(23(30)22(19)29)24-26-25-14(3)33-24/h6-11,20,28H,1-5H3/b21-19+. The number of amides is 1. The summed E-state index contributed by atoms with van der Waals surface area (Å²) in [7, 11) is 3.02. The molecule has 2 heterocycles. The van der Waals surface area contributed by atoms with Crippen LogP contribution in [0.2, 0.25) is 0 Å². The summed E-state index contributed by atoms with van der Waals surface area (Å²) < 4.78 is 10.8. The minimum Gasteiger partial charge on any atom is -0.507 e. The van der Waals surface area contributed by atoms with Crippen LogP contribution in [0.5, 0.6) is 11.5 Å². The molecule has 9 heteroatoms. The molecule has 1 aromatic heterocycles. The third kappa shape index (κ3) is 3.84. The van der Waals surface area contributed by atoms with Crippen molar-refractivity contribution in [3.63, 3.8) is 0 Å². The van der Waals surface area contributed by atoms with Crippen LogP contribution in [0.3, 0.4) is 0 Å². The molecule has 0 aliphatic carbocycles. The van der Waals surface area contributed by atoms with E-state index in [9.17, 15) is 14.7 Å². The van der Waals surface area contributed by atoms with Crippen molar-refractivity contribution < 1.29 is 24.2 Å². The first kappa shape index (κ1) is 22.5. The molecule has 1 fully saturated rings. The molecule has 1 unspecified atom stereocenters. The first-order chi connectivity index (χ1) is 15.8. The van der Waals surface area contributed by atoms with Crippen LogP contribution in [0.4, 0.5) is 5.13 Å². The topological polar surface area (TPSA) is 102 Å². The lowest BCUT2D eigenvalue weighted by Gasteiger charge is -2.23. The highest BCUT2D eigenvalue weighted by Gasteiger charge is 2.48. The van der Waals surface area contributed by atoms with E-state index < -0.39 is 17.7 Å². The van der Waals surface area contributed by atoms with Gasteiger partial charge in [0.15, 0.2) is 11.5 Å². The van der Waals surface area contributed by atoms with Gasteiger partial charge < -0.3 is 14.6 Å². The Hall–Kier alpha value is -3.72. The number of carbonyl (C=O) groups is 2. The predicted molar refractivity (Wildman–Crippen MR) is 125 cm³/mol. The Bertz CT molecular complexity index is 1300. The molecule has 0 bridgehead atoms. The largest absolute Gasteiger partial charge is 0.507 e. The number of carbonyl (C=O) groups excluding carboxylic acids is 2. The van der Waals surface area contributed by atoms with Crippen LogP contribution in [0.25, 0.3) is 5.76 Å². The normalized spacial score (nSPS) is 17.5. The van der Waals surface area contributed by atoms with Crippen molar-refractivity contribution in [2.45, 2.75) is 26.8 Å². The minimum atomic E-state index is -0.919. The summed E-state index contributed by atoms with van der Waals surface area (Å²) in [6, 6.07) is 9.76. The second-order valence-corrected chi connectivity index (χ2v) is 8.87. The zero-order chi connectivity index (χ0) is 23.9. The molecule has 0 radical (unpaired) electrons. The molecule has 8 nitrogen and oxygen atoms in total. The molecule has 1 N–H and O–H groups in total. The zero-order valence-electron chi connectivity index (χ0n) is 18.9. The second-order valence-electron chi connectivity index (χ2n) is 7.71. The fraction of sp³-hybridized carbons (Fsp3) is 0.250.